The van der Waals surface area contributed by atoms with Gasteiger partial charge < -0.3 is 0 Å². The van der Waals surface area contributed by atoms with Gasteiger partial charge in [-0.1, -0.05) is 13.3 Å². The molecule has 0 aromatic carbocycles. The molecule has 2 nitrogen and oxygen atoms in total. The lowest BCUT2D eigenvalue weighted by molar-refractivity contribution is 0.0512. The van der Waals surface area contributed by atoms with Crippen molar-refractivity contribution in [2.24, 2.45) is 5.92 Å². The molecule has 70 valence electrons. The Morgan fingerprint density at radius 2 is 2.08 bits per heavy atom. The molecule has 12 heavy (non-hydrogen) atoms. The molecule has 3 heteroatoms. The Balaban J connectivity index is 2.01. The lowest BCUT2D eigenvalue weighted by atomic mass is 9.55. The zero-order valence-electron chi connectivity index (χ0n) is 7.64. The molecule has 0 aromatic heterocycles. The fraction of sp³-hybridized carbons (Fsp3) is 1.00. The maximum absolute atomic E-state index is 12.0. The van der Waals surface area contributed by atoms with Crippen molar-refractivity contribution in [3.63, 3.8) is 0 Å². The van der Waals surface area contributed by atoms with Gasteiger partial charge in [0, 0.05) is 15.5 Å². The molecule has 1 atom stereocenters. The molecular weight excluding hydrogens is 170 g/mol. The summed E-state index contributed by atoms with van der Waals surface area (Å²) >= 11 is 0. The minimum atomic E-state index is -2.22. The zero-order valence-corrected chi connectivity index (χ0v) is 8.45. The van der Waals surface area contributed by atoms with Crippen molar-refractivity contribution in [1.29, 1.82) is 4.78 Å². The molecule has 1 unspecified atom stereocenters. The summed E-state index contributed by atoms with van der Waals surface area (Å²) in [5.41, 5.74) is 0. The van der Waals surface area contributed by atoms with Gasteiger partial charge >= 0.3 is 0 Å². The van der Waals surface area contributed by atoms with Gasteiger partial charge in [0.1, 0.15) is 0 Å². The summed E-state index contributed by atoms with van der Waals surface area (Å²) in [6.45, 7) is 2.09. The highest BCUT2D eigenvalue weighted by molar-refractivity contribution is 7.93. The molecule has 3 aliphatic rings. The Morgan fingerprint density at radius 1 is 1.50 bits per heavy atom. The van der Waals surface area contributed by atoms with Crippen LogP contribution in [0.4, 0.5) is 0 Å². The van der Waals surface area contributed by atoms with Crippen LogP contribution in [0.3, 0.4) is 0 Å². The van der Waals surface area contributed by atoms with E-state index < -0.39 is 9.73 Å². The van der Waals surface area contributed by atoms with Crippen LogP contribution in [-0.2, 0) is 9.73 Å². The summed E-state index contributed by atoms with van der Waals surface area (Å²) in [4.78, 5) is 0. The van der Waals surface area contributed by atoms with Gasteiger partial charge in [-0.2, -0.15) is 0 Å². The van der Waals surface area contributed by atoms with E-state index in [1.54, 1.807) is 0 Å². The van der Waals surface area contributed by atoms with Crippen molar-refractivity contribution >= 4 is 9.73 Å². The van der Waals surface area contributed by atoms with Gasteiger partial charge in [-0.05, 0) is 31.6 Å². The van der Waals surface area contributed by atoms with Crippen LogP contribution in [-0.4, -0.2) is 14.7 Å². The van der Waals surface area contributed by atoms with Crippen LogP contribution in [0.5, 0.6) is 0 Å². The van der Waals surface area contributed by atoms with Gasteiger partial charge in [-0.3, -0.25) is 4.78 Å². The third-order valence-electron chi connectivity index (χ3n) is 3.47. The van der Waals surface area contributed by atoms with Crippen molar-refractivity contribution in [2.75, 3.05) is 5.75 Å². The molecule has 3 rings (SSSR count). The Kier molecular flexibility index (Phi) is 1.76. The Bertz CT molecular complexity index is 264. The maximum Gasteiger partial charge on any atom is 0.0547 e. The van der Waals surface area contributed by atoms with Crippen LogP contribution in [0.25, 0.3) is 0 Å². The van der Waals surface area contributed by atoms with Crippen molar-refractivity contribution in [1.82, 2.24) is 0 Å². The van der Waals surface area contributed by atoms with E-state index in [4.69, 9.17) is 4.78 Å². The number of unbranched alkanes of at least 4 members (excludes halogenated alkanes) is 1. The Hall–Kier alpha value is -0.0500. The molecule has 3 aliphatic carbocycles. The second-order valence-electron chi connectivity index (χ2n) is 4.39. The average Bonchev–Trinajstić information content (AvgIpc) is 1.75. The molecule has 0 radical (unpaired) electrons. The summed E-state index contributed by atoms with van der Waals surface area (Å²) in [7, 11) is -2.22. The van der Waals surface area contributed by atoms with E-state index in [9.17, 15) is 4.21 Å². The zero-order chi connectivity index (χ0) is 8.82. The van der Waals surface area contributed by atoms with Crippen molar-refractivity contribution in [3.05, 3.63) is 0 Å². The molecule has 0 spiro atoms. The van der Waals surface area contributed by atoms with E-state index in [1.807, 2.05) is 0 Å². The minimum Gasteiger partial charge on any atom is -0.252 e. The van der Waals surface area contributed by atoms with E-state index in [2.05, 4.69) is 6.92 Å². The highest BCUT2D eigenvalue weighted by Crippen LogP contribution is 2.62. The number of rotatable bonds is 4. The molecule has 1 N–H and O–H groups in total. The topological polar surface area (TPSA) is 40.9 Å². The first-order valence-corrected chi connectivity index (χ1v) is 6.58. The van der Waals surface area contributed by atoms with Crippen LogP contribution in [0.15, 0.2) is 0 Å². The fourth-order valence-corrected chi connectivity index (χ4v) is 5.01. The van der Waals surface area contributed by atoms with E-state index in [-0.39, 0.29) is 4.75 Å². The molecule has 3 fully saturated rings. The molecule has 3 saturated carbocycles. The lowest BCUT2D eigenvalue weighted by Gasteiger charge is -2.61. The number of nitrogens with one attached hydrogen (secondary N) is 1. The lowest BCUT2D eigenvalue weighted by Crippen LogP contribution is -2.63. The first kappa shape index (κ1) is 8.54. The SMILES string of the molecule is CCCCS(=N)(=O)C12CC(C1)C2. The monoisotopic (exact) mass is 187 g/mol. The van der Waals surface area contributed by atoms with Gasteiger partial charge in [-0.25, -0.2) is 4.21 Å². The highest BCUT2D eigenvalue weighted by Gasteiger charge is 2.62. The molecule has 0 amide bonds. The van der Waals surface area contributed by atoms with Crippen molar-refractivity contribution in [3.8, 4) is 0 Å². The van der Waals surface area contributed by atoms with Crippen LogP contribution < -0.4 is 0 Å². The predicted octanol–water partition coefficient (Wildman–Crippen LogP) is 2.39. The average molecular weight is 187 g/mol. The molecular formula is C9H17NOS. The highest BCUT2D eigenvalue weighted by atomic mass is 32.2. The second-order valence-corrected chi connectivity index (χ2v) is 7.02. The summed E-state index contributed by atoms with van der Waals surface area (Å²) in [5, 5.41) is 0. The standard InChI is InChI=1S/C9H17NOS/c1-2-3-4-12(10,11)9-5-8(6-9)7-9/h8,10H,2-7H2,1H3. The van der Waals surface area contributed by atoms with Gasteiger partial charge in [0.05, 0.1) is 4.75 Å². The maximum atomic E-state index is 12.0. The number of hydrogen-bond acceptors (Lipinski definition) is 2. The fourth-order valence-electron chi connectivity index (χ4n) is 2.37. The Labute approximate surface area is 74.7 Å². The van der Waals surface area contributed by atoms with Crippen LogP contribution in [0.2, 0.25) is 0 Å². The number of hydrogen-bond donors (Lipinski definition) is 1. The summed E-state index contributed by atoms with van der Waals surface area (Å²) in [6, 6.07) is 0. The summed E-state index contributed by atoms with van der Waals surface area (Å²) in [5.74, 6) is 1.49. The van der Waals surface area contributed by atoms with Gasteiger partial charge in [0.25, 0.3) is 0 Å². The first-order chi connectivity index (χ1) is 5.60. The molecule has 2 bridgehead atoms. The van der Waals surface area contributed by atoms with Gasteiger partial charge in [0.2, 0.25) is 0 Å². The van der Waals surface area contributed by atoms with E-state index in [0.29, 0.717) is 5.75 Å². The molecule has 0 aromatic rings. The first-order valence-electron chi connectivity index (χ1n) is 4.86. The quantitative estimate of drug-likeness (QED) is 0.721. The molecule has 0 saturated heterocycles. The predicted molar refractivity (Wildman–Crippen MR) is 50.7 cm³/mol. The largest absolute Gasteiger partial charge is 0.252 e. The van der Waals surface area contributed by atoms with Gasteiger partial charge in [-0.15, -0.1) is 0 Å². The van der Waals surface area contributed by atoms with Crippen molar-refractivity contribution < 1.29 is 4.21 Å². The minimum absolute atomic E-state index is 0.00678. The van der Waals surface area contributed by atoms with E-state index >= 15 is 0 Å². The van der Waals surface area contributed by atoms with Crippen LogP contribution in [0, 0.1) is 10.7 Å². The molecule has 0 heterocycles. The van der Waals surface area contributed by atoms with E-state index in [0.717, 1.165) is 38.0 Å². The summed E-state index contributed by atoms with van der Waals surface area (Å²) < 4.78 is 19.8. The van der Waals surface area contributed by atoms with E-state index in [1.165, 1.54) is 0 Å². The van der Waals surface area contributed by atoms with Crippen LogP contribution >= 0.6 is 0 Å². The third kappa shape index (κ3) is 0.951. The Morgan fingerprint density at radius 3 is 2.42 bits per heavy atom. The summed E-state index contributed by atoms with van der Waals surface area (Å²) in [6.07, 6.45) is 5.32. The normalized spacial score (nSPS) is 42.6. The van der Waals surface area contributed by atoms with Crippen molar-refractivity contribution in [2.45, 2.75) is 43.8 Å². The van der Waals surface area contributed by atoms with Gasteiger partial charge in [0.15, 0.2) is 0 Å². The van der Waals surface area contributed by atoms with Crippen LogP contribution in [0.1, 0.15) is 39.0 Å². The smallest absolute Gasteiger partial charge is 0.0547 e. The molecule has 0 aliphatic heterocycles. The third-order valence-corrected chi connectivity index (χ3v) is 6.23. The second kappa shape index (κ2) is 2.47.